The highest BCUT2D eigenvalue weighted by Crippen LogP contribution is 2.33. The Morgan fingerprint density at radius 3 is 2.09 bits per heavy atom. The lowest BCUT2D eigenvalue weighted by Gasteiger charge is -2.29. The zero-order valence-electron chi connectivity index (χ0n) is 7.33. The van der Waals surface area contributed by atoms with Gasteiger partial charge in [0.1, 0.15) is 4.87 Å². The molecule has 0 aromatic heterocycles. The predicted octanol–water partition coefficient (Wildman–Crippen LogP) is 1.18. The van der Waals surface area contributed by atoms with Crippen LogP contribution in [0.25, 0.3) is 0 Å². The van der Waals surface area contributed by atoms with Crippen LogP contribution in [0.4, 0.5) is 0 Å². The highest BCUT2D eigenvalue weighted by Gasteiger charge is 2.43. The first-order valence-corrected chi connectivity index (χ1v) is 4.47. The molecule has 1 aliphatic heterocycles. The van der Waals surface area contributed by atoms with Gasteiger partial charge in [0.25, 0.3) is 0 Å². The lowest BCUT2D eigenvalue weighted by molar-refractivity contribution is 0.311. The van der Waals surface area contributed by atoms with E-state index < -0.39 is 0 Å². The van der Waals surface area contributed by atoms with Crippen molar-refractivity contribution in [1.29, 1.82) is 0 Å². The highest BCUT2D eigenvalue weighted by molar-refractivity contribution is 7.82. The maximum Gasteiger partial charge on any atom is 0.172 e. The second-order valence-corrected chi connectivity index (χ2v) is 4.49. The molecule has 1 heterocycles. The Morgan fingerprint density at radius 2 is 2.00 bits per heavy atom. The van der Waals surface area contributed by atoms with Gasteiger partial charge in [0.05, 0.1) is 6.04 Å². The van der Waals surface area contributed by atoms with Gasteiger partial charge in [-0.15, -0.1) is 12.6 Å². The van der Waals surface area contributed by atoms with Gasteiger partial charge in [-0.25, -0.2) is 0 Å². The van der Waals surface area contributed by atoms with Crippen LogP contribution >= 0.6 is 24.8 Å². The first kappa shape index (κ1) is 9.13. The largest absolute Gasteiger partial charge is 0.346 e. The van der Waals surface area contributed by atoms with Gasteiger partial charge in [-0.1, -0.05) is 0 Å². The van der Waals surface area contributed by atoms with E-state index in [-0.39, 0.29) is 4.87 Å². The fourth-order valence-electron chi connectivity index (χ4n) is 1.24. The first-order chi connectivity index (χ1) is 4.89. The number of hydrogen-bond donors (Lipinski definition) is 1. The average Bonchev–Trinajstić information content (AvgIpc) is 2.06. The van der Waals surface area contributed by atoms with E-state index in [4.69, 9.17) is 12.2 Å². The average molecular weight is 190 g/mol. The maximum atomic E-state index is 5.19. The highest BCUT2D eigenvalue weighted by atomic mass is 32.1. The summed E-state index contributed by atoms with van der Waals surface area (Å²) in [7, 11) is 3.99. The zero-order valence-corrected chi connectivity index (χ0v) is 9.04. The molecule has 0 aliphatic carbocycles. The molecule has 11 heavy (non-hydrogen) atoms. The molecule has 4 heteroatoms. The van der Waals surface area contributed by atoms with Crippen LogP contribution in [0.2, 0.25) is 0 Å². The van der Waals surface area contributed by atoms with E-state index in [1.165, 1.54) is 0 Å². The number of rotatable bonds is 0. The molecule has 2 nitrogen and oxygen atoms in total. The van der Waals surface area contributed by atoms with E-state index in [0.29, 0.717) is 6.04 Å². The van der Waals surface area contributed by atoms with Crippen molar-refractivity contribution in [2.24, 2.45) is 0 Å². The van der Waals surface area contributed by atoms with Crippen molar-refractivity contribution in [2.75, 3.05) is 14.1 Å². The van der Waals surface area contributed by atoms with Gasteiger partial charge in [-0.05, 0) is 26.1 Å². The molecule has 1 rings (SSSR count). The Morgan fingerprint density at radius 1 is 1.55 bits per heavy atom. The van der Waals surface area contributed by atoms with Gasteiger partial charge >= 0.3 is 0 Å². The molecule has 0 spiro atoms. The summed E-state index contributed by atoms with van der Waals surface area (Å²) in [6, 6.07) is 0.364. The number of hydrogen-bond acceptors (Lipinski definition) is 2. The molecule has 1 aliphatic rings. The van der Waals surface area contributed by atoms with Gasteiger partial charge in [-0.2, -0.15) is 0 Å². The Labute approximate surface area is 79.0 Å². The number of nitrogens with zero attached hydrogens (tertiary/aromatic N) is 2. The smallest absolute Gasteiger partial charge is 0.172 e. The van der Waals surface area contributed by atoms with E-state index in [1.807, 2.05) is 19.0 Å². The molecule has 1 saturated heterocycles. The molecule has 0 aromatic carbocycles. The lowest BCUT2D eigenvalue weighted by atomic mass is 10.2. The molecular formula is C7H14N2S2. The number of thiocarbonyl (C=S) groups is 1. The summed E-state index contributed by atoms with van der Waals surface area (Å²) in [5.41, 5.74) is 0. The second kappa shape index (κ2) is 2.52. The second-order valence-electron chi connectivity index (χ2n) is 3.22. The van der Waals surface area contributed by atoms with Gasteiger partial charge in [0.15, 0.2) is 5.11 Å². The minimum atomic E-state index is -0.133. The molecular weight excluding hydrogens is 176 g/mol. The first-order valence-electron chi connectivity index (χ1n) is 3.62. The van der Waals surface area contributed by atoms with Crippen LogP contribution in [0.5, 0.6) is 0 Å². The standard InChI is InChI=1S/C7H14N2S2/c1-5-7(2,11)9(4)6(10)8(5)3/h5,11H,1-4H3. The molecule has 1 fully saturated rings. The van der Waals surface area contributed by atoms with E-state index >= 15 is 0 Å². The van der Waals surface area contributed by atoms with Crippen molar-refractivity contribution < 1.29 is 0 Å². The molecule has 0 aromatic rings. The van der Waals surface area contributed by atoms with Crippen LogP contribution in [0.15, 0.2) is 0 Å². The molecule has 2 unspecified atom stereocenters. The van der Waals surface area contributed by atoms with Crippen molar-refractivity contribution >= 4 is 30.0 Å². The Balaban J connectivity index is 2.96. The minimum absolute atomic E-state index is 0.133. The Kier molecular flexibility index (Phi) is 2.09. The lowest BCUT2D eigenvalue weighted by Crippen LogP contribution is -2.40. The van der Waals surface area contributed by atoms with Crippen LogP contribution in [0.1, 0.15) is 13.8 Å². The minimum Gasteiger partial charge on any atom is -0.346 e. The summed E-state index contributed by atoms with van der Waals surface area (Å²) in [5.74, 6) is 0. The van der Waals surface area contributed by atoms with Crippen molar-refractivity contribution in [3.8, 4) is 0 Å². The van der Waals surface area contributed by atoms with Crippen molar-refractivity contribution in [1.82, 2.24) is 9.80 Å². The van der Waals surface area contributed by atoms with Gasteiger partial charge < -0.3 is 9.80 Å². The van der Waals surface area contributed by atoms with E-state index in [2.05, 4.69) is 31.4 Å². The summed E-state index contributed by atoms with van der Waals surface area (Å²) < 4.78 is 0. The monoisotopic (exact) mass is 190 g/mol. The van der Waals surface area contributed by atoms with E-state index in [1.54, 1.807) is 0 Å². The summed E-state index contributed by atoms with van der Waals surface area (Å²) in [6.45, 7) is 4.21. The maximum absolute atomic E-state index is 5.19. The molecule has 2 atom stereocenters. The van der Waals surface area contributed by atoms with Crippen LogP contribution in [0.3, 0.4) is 0 Å². The molecule has 64 valence electrons. The molecule has 0 amide bonds. The van der Waals surface area contributed by atoms with Crippen molar-refractivity contribution in [3.63, 3.8) is 0 Å². The summed E-state index contributed by atoms with van der Waals surface area (Å²) in [4.78, 5) is 3.96. The third kappa shape index (κ3) is 1.12. The predicted molar refractivity (Wildman–Crippen MR) is 55.0 cm³/mol. The molecule has 0 saturated carbocycles. The topological polar surface area (TPSA) is 6.48 Å². The van der Waals surface area contributed by atoms with Crippen LogP contribution in [-0.4, -0.2) is 39.9 Å². The van der Waals surface area contributed by atoms with Crippen LogP contribution in [0, 0.1) is 0 Å². The Bertz CT molecular complexity index is 191. The zero-order chi connectivity index (χ0) is 8.81. The van der Waals surface area contributed by atoms with Gasteiger partial charge in [0.2, 0.25) is 0 Å². The fraction of sp³-hybridized carbons (Fsp3) is 0.857. The Hall–Kier alpha value is 0.0400. The van der Waals surface area contributed by atoms with Crippen molar-refractivity contribution in [2.45, 2.75) is 24.8 Å². The van der Waals surface area contributed by atoms with Crippen LogP contribution < -0.4 is 0 Å². The van der Waals surface area contributed by atoms with Crippen molar-refractivity contribution in [3.05, 3.63) is 0 Å². The number of thiol groups is 1. The third-order valence-corrected chi connectivity index (χ3v) is 3.88. The van der Waals surface area contributed by atoms with Crippen LogP contribution in [-0.2, 0) is 0 Å². The molecule has 0 radical (unpaired) electrons. The number of likely N-dealkylation sites (N-methyl/N-ethyl adjacent to an activating group) is 2. The summed E-state index contributed by atoms with van der Waals surface area (Å²) in [5, 5.41) is 0.870. The summed E-state index contributed by atoms with van der Waals surface area (Å²) >= 11 is 9.75. The van der Waals surface area contributed by atoms with Gasteiger partial charge in [-0.3, -0.25) is 0 Å². The summed E-state index contributed by atoms with van der Waals surface area (Å²) in [6.07, 6.45) is 0. The van der Waals surface area contributed by atoms with E-state index in [0.717, 1.165) is 5.11 Å². The quantitative estimate of drug-likeness (QED) is 0.453. The SMILES string of the molecule is CC1N(C)C(=S)N(C)C1(C)S. The molecule has 0 bridgehead atoms. The third-order valence-electron chi connectivity index (χ3n) is 2.64. The van der Waals surface area contributed by atoms with E-state index in [9.17, 15) is 0 Å². The normalized spacial score (nSPS) is 38.6. The van der Waals surface area contributed by atoms with Gasteiger partial charge in [0, 0.05) is 14.1 Å². The molecule has 0 N–H and O–H groups in total. The fourth-order valence-corrected chi connectivity index (χ4v) is 1.93.